The number of nitrogens with zero attached hydrogens (tertiary/aromatic N) is 1. The van der Waals surface area contributed by atoms with Gasteiger partial charge in [0.2, 0.25) is 0 Å². The van der Waals surface area contributed by atoms with E-state index in [1.807, 2.05) is 31.2 Å². The lowest BCUT2D eigenvalue weighted by Gasteiger charge is -2.27. The number of para-hydroxylation sites is 1. The van der Waals surface area contributed by atoms with Crippen LogP contribution in [0.3, 0.4) is 0 Å². The van der Waals surface area contributed by atoms with Gasteiger partial charge in [0.1, 0.15) is 5.54 Å². The molecule has 0 bridgehead atoms. The van der Waals surface area contributed by atoms with Crippen molar-refractivity contribution in [3.05, 3.63) is 28.7 Å². The SMILES string of the molecule is CCC(C#N)(COC)Nc1ccccc1Br. The van der Waals surface area contributed by atoms with Gasteiger partial charge in [0.15, 0.2) is 0 Å². The van der Waals surface area contributed by atoms with E-state index in [0.717, 1.165) is 10.2 Å². The molecule has 0 aliphatic carbocycles. The zero-order valence-corrected chi connectivity index (χ0v) is 11.0. The zero-order chi connectivity index (χ0) is 12.0. The summed E-state index contributed by atoms with van der Waals surface area (Å²) in [5.41, 5.74) is 0.237. The monoisotopic (exact) mass is 282 g/mol. The first-order chi connectivity index (χ1) is 7.67. The molecule has 0 aliphatic rings. The molecule has 3 nitrogen and oxygen atoms in total. The first-order valence-electron chi connectivity index (χ1n) is 5.10. The number of nitrogens with one attached hydrogen (secondary N) is 1. The number of hydrogen-bond acceptors (Lipinski definition) is 3. The van der Waals surface area contributed by atoms with E-state index in [1.165, 1.54) is 0 Å². The molecular weight excluding hydrogens is 268 g/mol. The molecule has 0 saturated carbocycles. The molecule has 0 saturated heterocycles. The minimum Gasteiger partial charge on any atom is -0.381 e. The maximum atomic E-state index is 9.25. The average Bonchev–Trinajstić information content (AvgIpc) is 2.31. The molecule has 1 aromatic carbocycles. The van der Waals surface area contributed by atoms with Gasteiger partial charge in [-0.05, 0) is 34.5 Å². The number of halogens is 1. The third kappa shape index (κ3) is 2.97. The number of hydrogen-bond donors (Lipinski definition) is 1. The maximum absolute atomic E-state index is 9.25. The van der Waals surface area contributed by atoms with Crippen LogP contribution in [-0.2, 0) is 4.74 Å². The molecule has 0 aliphatic heterocycles. The summed E-state index contributed by atoms with van der Waals surface area (Å²) in [6, 6.07) is 10.0. The standard InChI is InChI=1S/C12H15BrN2O/c1-3-12(8-14,9-16-2)15-11-7-5-4-6-10(11)13/h4-7,15H,3,9H2,1-2H3. The molecule has 0 fully saturated rings. The van der Waals surface area contributed by atoms with E-state index in [2.05, 4.69) is 27.3 Å². The number of methoxy groups -OCH3 is 1. The van der Waals surface area contributed by atoms with Crippen LogP contribution in [0, 0.1) is 11.3 Å². The first kappa shape index (κ1) is 13.0. The third-order valence-electron chi connectivity index (χ3n) is 2.46. The Balaban J connectivity index is 2.93. The number of nitriles is 1. The normalized spacial score (nSPS) is 13.9. The summed E-state index contributed by atoms with van der Waals surface area (Å²) in [5.74, 6) is 0. The van der Waals surface area contributed by atoms with E-state index < -0.39 is 5.54 Å². The largest absolute Gasteiger partial charge is 0.381 e. The molecule has 4 heteroatoms. The summed E-state index contributed by atoms with van der Waals surface area (Å²) in [7, 11) is 1.60. The lowest BCUT2D eigenvalue weighted by Crippen LogP contribution is -2.40. The molecule has 1 rings (SSSR count). The molecule has 1 atom stereocenters. The van der Waals surface area contributed by atoms with Gasteiger partial charge >= 0.3 is 0 Å². The first-order valence-corrected chi connectivity index (χ1v) is 5.89. The second-order valence-electron chi connectivity index (χ2n) is 3.59. The number of rotatable bonds is 5. The zero-order valence-electron chi connectivity index (χ0n) is 9.46. The number of ether oxygens (including phenoxy) is 1. The van der Waals surface area contributed by atoms with E-state index in [9.17, 15) is 5.26 Å². The Labute approximate surface area is 105 Å². The van der Waals surface area contributed by atoms with E-state index in [1.54, 1.807) is 7.11 Å². The summed E-state index contributed by atoms with van der Waals surface area (Å²) in [6.07, 6.45) is 0.679. The van der Waals surface area contributed by atoms with Crippen LogP contribution in [0.5, 0.6) is 0 Å². The topological polar surface area (TPSA) is 45.0 Å². The highest BCUT2D eigenvalue weighted by molar-refractivity contribution is 9.10. The van der Waals surface area contributed by atoms with Gasteiger partial charge in [0, 0.05) is 17.3 Å². The van der Waals surface area contributed by atoms with Crippen LogP contribution < -0.4 is 5.32 Å². The molecule has 16 heavy (non-hydrogen) atoms. The lowest BCUT2D eigenvalue weighted by molar-refractivity contribution is 0.162. The highest BCUT2D eigenvalue weighted by Gasteiger charge is 2.28. The smallest absolute Gasteiger partial charge is 0.148 e. The van der Waals surface area contributed by atoms with Crippen LogP contribution in [0.1, 0.15) is 13.3 Å². The number of benzene rings is 1. The van der Waals surface area contributed by atoms with Crippen LogP contribution in [0.4, 0.5) is 5.69 Å². The van der Waals surface area contributed by atoms with Gasteiger partial charge in [-0.2, -0.15) is 5.26 Å². The Morgan fingerprint density at radius 3 is 2.69 bits per heavy atom. The molecule has 0 amide bonds. The van der Waals surface area contributed by atoms with Crippen molar-refractivity contribution in [1.82, 2.24) is 0 Å². The van der Waals surface area contributed by atoms with E-state index in [0.29, 0.717) is 13.0 Å². The minimum absolute atomic E-state index is 0.362. The lowest BCUT2D eigenvalue weighted by atomic mass is 9.99. The van der Waals surface area contributed by atoms with Gasteiger partial charge in [-0.25, -0.2) is 0 Å². The van der Waals surface area contributed by atoms with Crippen LogP contribution in [0.25, 0.3) is 0 Å². The van der Waals surface area contributed by atoms with Crippen LogP contribution in [0.15, 0.2) is 28.7 Å². The number of anilines is 1. The third-order valence-corrected chi connectivity index (χ3v) is 3.15. The Morgan fingerprint density at radius 1 is 1.50 bits per heavy atom. The summed E-state index contributed by atoms with van der Waals surface area (Å²) < 4.78 is 6.04. The van der Waals surface area contributed by atoms with E-state index in [4.69, 9.17) is 4.74 Å². The fraction of sp³-hybridized carbons (Fsp3) is 0.417. The molecule has 1 unspecified atom stereocenters. The quantitative estimate of drug-likeness (QED) is 0.902. The highest BCUT2D eigenvalue weighted by atomic mass is 79.9. The van der Waals surface area contributed by atoms with Gasteiger partial charge < -0.3 is 10.1 Å². The molecule has 1 aromatic rings. The predicted molar refractivity (Wildman–Crippen MR) is 68.3 cm³/mol. The van der Waals surface area contributed by atoms with Crippen molar-refractivity contribution in [2.75, 3.05) is 19.0 Å². The maximum Gasteiger partial charge on any atom is 0.148 e. The molecule has 1 N–H and O–H groups in total. The Morgan fingerprint density at radius 2 is 2.19 bits per heavy atom. The predicted octanol–water partition coefficient (Wildman–Crippen LogP) is 3.18. The fourth-order valence-corrected chi connectivity index (χ4v) is 1.82. The van der Waals surface area contributed by atoms with E-state index in [-0.39, 0.29) is 0 Å². The Hall–Kier alpha value is -1.05. The highest BCUT2D eigenvalue weighted by Crippen LogP contribution is 2.26. The van der Waals surface area contributed by atoms with Crippen molar-refractivity contribution < 1.29 is 4.74 Å². The van der Waals surface area contributed by atoms with Gasteiger partial charge in [-0.15, -0.1) is 0 Å². The van der Waals surface area contributed by atoms with Gasteiger partial charge in [-0.1, -0.05) is 19.1 Å². The summed E-state index contributed by atoms with van der Waals surface area (Å²) in [4.78, 5) is 0. The van der Waals surface area contributed by atoms with Crippen LogP contribution in [-0.4, -0.2) is 19.3 Å². The molecule has 0 radical (unpaired) electrons. The average molecular weight is 283 g/mol. The van der Waals surface area contributed by atoms with Crippen molar-refractivity contribution >= 4 is 21.6 Å². The second kappa shape index (κ2) is 5.88. The van der Waals surface area contributed by atoms with Crippen molar-refractivity contribution in [2.45, 2.75) is 18.9 Å². The summed E-state index contributed by atoms with van der Waals surface area (Å²) >= 11 is 3.45. The van der Waals surface area contributed by atoms with Crippen molar-refractivity contribution in [2.24, 2.45) is 0 Å². The Kier molecular flexibility index (Phi) is 4.78. The minimum atomic E-state index is -0.668. The van der Waals surface area contributed by atoms with Gasteiger partial charge in [0.05, 0.1) is 12.7 Å². The molecule has 0 spiro atoms. The molecule has 86 valence electrons. The summed E-state index contributed by atoms with van der Waals surface area (Å²) in [5, 5.41) is 12.5. The fourth-order valence-electron chi connectivity index (χ4n) is 1.43. The van der Waals surface area contributed by atoms with Gasteiger partial charge in [0.25, 0.3) is 0 Å². The van der Waals surface area contributed by atoms with Crippen molar-refractivity contribution in [3.63, 3.8) is 0 Å². The van der Waals surface area contributed by atoms with Crippen LogP contribution >= 0.6 is 15.9 Å². The molecular formula is C12H15BrN2O. The molecule has 0 aromatic heterocycles. The van der Waals surface area contributed by atoms with Crippen molar-refractivity contribution in [1.29, 1.82) is 5.26 Å². The van der Waals surface area contributed by atoms with E-state index >= 15 is 0 Å². The molecule has 0 heterocycles. The second-order valence-corrected chi connectivity index (χ2v) is 4.44. The Bertz CT molecular complexity index is 389. The van der Waals surface area contributed by atoms with Crippen LogP contribution in [0.2, 0.25) is 0 Å². The summed E-state index contributed by atoms with van der Waals surface area (Å²) in [6.45, 7) is 2.33. The van der Waals surface area contributed by atoms with Crippen molar-refractivity contribution in [3.8, 4) is 6.07 Å². The van der Waals surface area contributed by atoms with Gasteiger partial charge in [-0.3, -0.25) is 0 Å².